The van der Waals surface area contributed by atoms with E-state index in [1.165, 1.54) is 0 Å². The van der Waals surface area contributed by atoms with Gasteiger partial charge in [-0.2, -0.15) is 0 Å². The van der Waals surface area contributed by atoms with E-state index in [4.69, 9.17) is 9.47 Å². The van der Waals surface area contributed by atoms with E-state index in [0.717, 1.165) is 5.56 Å². The highest BCUT2D eigenvalue weighted by Crippen LogP contribution is 2.36. The molecule has 1 aromatic carbocycles. The van der Waals surface area contributed by atoms with E-state index in [1.54, 1.807) is 4.90 Å². The van der Waals surface area contributed by atoms with Crippen LogP contribution in [0, 0.1) is 5.92 Å². The molecular weight excluding hydrogens is 284 g/mol. The number of nitrogens with zero attached hydrogens (tertiary/aromatic N) is 2. The van der Waals surface area contributed by atoms with Gasteiger partial charge in [0.2, 0.25) is 0 Å². The van der Waals surface area contributed by atoms with Gasteiger partial charge in [0.25, 0.3) is 6.02 Å². The van der Waals surface area contributed by atoms with Crippen LogP contribution in [0.5, 0.6) is 0 Å². The van der Waals surface area contributed by atoms with Crippen molar-refractivity contribution in [3.05, 3.63) is 35.9 Å². The molecule has 6 heteroatoms. The highest BCUT2D eigenvalue weighted by molar-refractivity contribution is 5.75. The quantitative estimate of drug-likeness (QED) is 0.833. The van der Waals surface area contributed by atoms with Crippen LogP contribution in [0.2, 0.25) is 0 Å². The average Bonchev–Trinajstić information content (AvgIpc) is 3.04. The van der Waals surface area contributed by atoms with Gasteiger partial charge in [-0.3, -0.25) is 0 Å². The summed E-state index contributed by atoms with van der Waals surface area (Å²) in [5, 5.41) is 20.3. The van der Waals surface area contributed by atoms with Crippen molar-refractivity contribution in [2.24, 2.45) is 10.9 Å². The van der Waals surface area contributed by atoms with Crippen LogP contribution in [-0.2, 0) is 16.1 Å². The first kappa shape index (κ1) is 15.3. The first-order valence-corrected chi connectivity index (χ1v) is 7.47. The Balaban J connectivity index is 1.60. The summed E-state index contributed by atoms with van der Waals surface area (Å²) in [6.45, 7) is 0.795. The van der Waals surface area contributed by atoms with E-state index < -0.39 is 18.2 Å². The van der Waals surface area contributed by atoms with Crippen molar-refractivity contribution in [1.29, 1.82) is 0 Å². The number of fused-ring (bicyclic) bond motifs is 1. The molecule has 0 aromatic heterocycles. The normalized spacial score (nSPS) is 33.3. The molecule has 1 aliphatic heterocycles. The summed E-state index contributed by atoms with van der Waals surface area (Å²) in [7, 11) is 3.67. The SMILES string of the molecule is CN(C)C1=NC2C(O)C(O)C(COCc3ccccc3)C2O1. The Labute approximate surface area is 130 Å². The Kier molecular flexibility index (Phi) is 4.33. The van der Waals surface area contributed by atoms with Gasteiger partial charge in [0.15, 0.2) is 0 Å². The average molecular weight is 306 g/mol. The summed E-state index contributed by atoms with van der Waals surface area (Å²) < 4.78 is 11.5. The molecule has 6 nitrogen and oxygen atoms in total. The maximum absolute atomic E-state index is 10.2. The molecule has 3 rings (SSSR count). The summed E-state index contributed by atoms with van der Waals surface area (Å²) in [6, 6.07) is 9.93. The van der Waals surface area contributed by atoms with Gasteiger partial charge in [0.1, 0.15) is 18.2 Å². The minimum atomic E-state index is -0.909. The summed E-state index contributed by atoms with van der Waals surface area (Å²) in [6.07, 6.45) is -2.12. The number of amidine groups is 1. The van der Waals surface area contributed by atoms with Crippen LogP contribution in [0.3, 0.4) is 0 Å². The van der Waals surface area contributed by atoms with Crippen LogP contribution in [0.4, 0.5) is 0 Å². The van der Waals surface area contributed by atoms with Gasteiger partial charge in [-0.15, -0.1) is 0 Å². The number of aliphatic hydroxyl groups excluding tert-OH is 2. The van der Waals surface area contributed by atoms with Gasteiger partial charge in [0, 0.05) is 14.1 Å². The van der Waals surface area contributed by atoms with Crippen molar-refractivity contribution < 1.29 is 19.7 Å². The van der Waals surface area contributed by atoms with Gasteiger partial charge in [-0.05, 0) is 5.56 Å². The van der Waals surface area contributed by atoms with Crippen molar-refractivity contribution >= 4 is 6.02 Å². The second-order valence-electron chi connectivity index (χ2n) is 6.02. The third-order valence-corrected chi connectivity index (χ3v) is 4.20. The maximum Gasteiger partial charge on any atom is 0.287 e. The van der Waals surface area contributed by atoms with Gasteiger partial charge < -0.3 is 24.6 Å². The Morgan fingerprint density at radius 3 is 2.59 bits per heavy atom. The lowest BCUT2D eigenvalue weighted by Gasteiger charge is -2.22. The lowest BCUT2D eigenvalue weighted by molar-refractivity contribution is -0.0291. The molecule has 1 heterocycles. The second kappa shape index (κ2) is 6.24. The van der Waals surface area contributed by atoms with E-state index in [-0.39, 0.29) is 12.0 Å². The zero-order chi connectivity index (χ0) is 15.7. The third kappa shape index (κ3) is 2.82. The Morgan fingerprint density at radius 1 is 1.18 bits per heavy atom. The molecule has 0 spiro atoms. The molecule has 120 valence electrons. The Hall–Kier alpha value is -1.63. The lowest BCUT2D eigenvalue weighted by atomic mass is 10.0. The fourth-order valence-electron chi connectivity index (χ4n) is 2.99. The van der Waals surface area contributed by atoms with Crippen molar-refractivity contribution in [3.8, 4) is 0 Å². The van der Waals surface area contributed by atoms with Crippen LogP contribution in [0.25, 0.3) is 0 Å². The molecule has 2 aliphatic rings. The molecular formula is C16H22N2O4. The smallest absolute Gasteiger partial charge is 0.287 e. The van der Waals surface area contributed by atoms with Gasteiger partial charge in [-0.25, -0.2) is 4.99 Å². The van der Waals surface area contributed by atoms with E-state index in [2.05, 4.69) is 4.99 Å². The van der Waals surface area contributed by atoms with Crippen molar-refractivity contribution in [2.45, 2.75) is 31.0 Å². The summed E-state index contributed by atoms with van der Waals surface area (Å²) in [4.78, 5) is 6.12. The monoisotopic (exact) mass is 306 g/mol. The van der Waals surface area contributed by atoms with Crippen LogP contribution < -0.4 is 0 Å². The molecule has 1 saturated carbocycles. The molecule has 22 heavy (non-hydrogen) atoms. The molecule has 1 aliphatic carbocycles. The molecule has 0 amide bonds. The summed E-state index contributed by atoms with van der Waals surface area (Å²) in [5.74, 6) is -0.287. The molecule has 0 bridgehead atoms. The van der Waals surface area contributed by atoms with Gasteiger partial charge in [-0.1, -0.05) is 30.3 Å². The van der Waals surface area contributed by atoms with Crippen LogP contribution in [-0.4, -0.2) is 66.2 Å². The van der Waals surface area contributed by atoms with Gasteiger partial charge in [0.05, 0.1) is 25.2 Å². The van der Waals surface area contributed by atoms with Crippen molar-refractivity contribution in [3.63, 3.8) is 0 Å². The van der Waals surface area contributed by atoms with E-state index in [9.17, 15) is 10.2 Å². The predicted molar refractivity (Wildman–Crippen MR) is 81.4 cm³/mol. The van der Waals surface area contributed by atoms with E-state index >= 15 is 0 Å². The number of ether oxygens (including phenoxy) is 2. The topological polar surface area (TPSA) is 74.5 Å². The summed E-state index contributed by atoms with van der Waals surface area (Å²) >= 11 is 0. The number of rotatable bonds is 4. The first-order chi connectivity index (χ1) is 10.6. The minimum absolute atomic E-state index is 0.287. The number of hydrogen-bond acceptors (Lipinski definition) is 6. The maximum atomic E-state index is 10.2. The Morgan fingerprint density at radius 2 is 1.91 bits per heavy atom. The zero-order valence-electron chi connectivity index (χ0n) is 12.8. The number of aliphatic imine (C=N–C) groups is 1. The molecule has 0 radical (unpaired) electrons. The molecule has 5 unspecified atom stereocenters. The standard InChI is InChI=1S/C16H22N2O4/c1-18(2)16-17-12-14(20)13(19)11(15(12)22-16)9-21-8-10-6-4-3-5-7-10/h3-7,11-15,19-20H,8-9H2,1-2H3. The first-order valence-electron chi connectivity index (χ1n) is 7.47. The number of hydrogen-bond donors (Lipinski definition) is 2. The highest BCUT2D eigenvalue weighted by Gasteiger charge is 2.54. The minimum Gasteiger partial charge on any atom is -0.459 e. The lowest BCUT2D eigenvalue weighted by Crippen LogP contribution is -2.34. The fourth-order valence-corrected chi connectivity index (χ4v) is 2.99. The Bertz CT molecular complexity index is 534. The van der Waals surface area contributed by atoms with Crippen molar-refractivity contribution in [2.75, 3.05) is 20.7 Å². The molecule has 5 atom stereocenters. The van der Waals surface area contributed by atoms with Crippen molar-refractivity contribution in [1.82, 2.24) is 4.90 Å². The number of benzene rings is 1. The van der Waals surface area contributed by atoms with E-state index in [1.807, 2.05) is 44.4 Å². The van der Waals surface area contributed by atoms with Crippen LogP contribution in [0.15, 0.2) is 35.3 Å². The number of aliphatic hydroxyl groups is 2. The van der Waals surface area contributed by atoms with Gasteiger partial charge >= 0.3 is 0 Å². The fraction of sp³-hybridized carbons (Fsp3) is 0.562. The third-order valence-electron chi connectivity index (χ3n) is 4.20. The second-order valence-corrected chi connectivity index (χ2v) is 6.02. The molecule has 2 N–H and O–H groups in total. The zero-order valence-corrected chi connectivity index (χ0v) is 12.8. The van der Waals surface area contributed by atoms with E-state index in [0.29, 0.717) is 19.2 Å². The molecule has 1 fully saturated rings. The van der Waals surface area contributed by atoms with Crippen LogP contribution >= 0.6 is 0 Å². The molecule has 1 aromatic rings. The summed E-state index contributed by atoms with van der Waals surface area (Å²) in [5.41, 5.74) is 1.07. The van der Waals surface area contributed by atoms with Crippen LogP contribution in [0.1, 0.15) is 5.56 Å². The molecule has 0 saturated heterocycles. The predicted octanol–water partition coefficient (Wildman–Crippen LogP) is 0.240. The largest absolute Gasteiger partial charge is 0.459 e. The highest BCUT2D eigenvalue weighted by atomic mass is 16.5.